The average molecular weight is 265 g/mol. The predicted octanol–water partition coefficient (Wildman–Crippen LogP) is 2.04. The molecule has 2 bridgehead atoms. The smallest absolute Gasteiger partial charge is 0.127 e. The molecule has 104 valence electrons. The van der Waals surface area contributed by atoms with Crippen LogP contribution in [0.3, 0.4) is 0 Å². The van der Waals surface area contributed by atoms with Crippen molar-refractivity contribution in [2.24, 2.45) is 11.8 Å². The van der Waals surface area contributed by atoms with Gasteiger partial charge in [0.1, 0.15) is 11.6 Å². The van der Waals surface area contributed by atoms with E-state index in [0.717, 1.165) is 25.9 Å². The first-order valence-corrected chi connectivity index (χ1v) is 6.90. The monoisotopic (exact) mass is 265 g/mol. The zero-order valence-corrected chi connectivity index (χ0v) is 11.2. The lowest BCUT2D eigenvalue weighted by Crippen LogP contribution is -2.44. The topological polar surface area (TPSA) is 32.7 Å². The third-order valence-corrected chi connectivity index (χ3v) is 4.51. The Morgan fingerprint density at radius 3 is 2.63 bits per heavy atom. The van der Waals surface area contributed by atoms with Gasteiger partial charge < -0.3 is 9.84 Å². The van der Waals surface area contributed by atoms with E-state index >= 15 is 0 Å². The lowest BCUT2D eigenvalue weighted by Gasteiger charge is -2.35. The van der Waals surface area contributed by atoms with E-state index in [1.807, 2.05) is 0 Å². The molecule has 1 aliphatic carbocycles. The molecule has 19 heavy (non-hydrogen) atoms. The second kappa shape index (κ2) is 5.10. The highest BCUT2D eigenvalue weighted by molar-refractivity contribution is 5.29. The Bertz CT molecular complexity index is 451. The van der Waals surface area contributed by atoms with Crippen LogP contribution >= 0.6 is 0 Å². The summed E-state index contributed by atoms with van der Waals surface area (Å²) in [6.07, 6.45) is 2.05. The van der Waals surface area contributed by atoms with E-state index in [-0.39, 0.29) is 11.9 Å². The molecule has 4 heteroatoms. The Morgan fingerprint density at radius 1 is 1.32 bits per heavy atom. The zero-order valence-electron chi connectivity index (χ0n) is 11.2. The van der Waals surface area contributed by atoms with Crippen molar-refractivity contribution < 1.29 is 14.2 Å². The molecule has 2 aliphatic rings. The number of methoxy groups -OCH3 is 1. The van der Waals surface area contributed by atoms with Crippen molar-refractivity contribution in [3.05, 3.63) is 29.6 Å². The fourth-order valence-corrected chi connectivity index (χ4v) is 3.46. The van der Waals surface area contributed by atoms with Crippen molar-refractivity contribution in [1.29, 1.82) is 0 Å². The second-order valence-corrected chi connectivity index (χ2v) is 5.74. The Labute approximate surface area is 113 Å². The van der Waals surface area contributed by atoms with Gasteiger partial charge in [0, 0.05) is 25.2 Å². The number of hydrogen-bond acceptors (Lipinski definition) is 3. The maximum absolute atomic E-state index is 13.8. The first-order valence-electron chi connectivity index (χ1n) is 6.90. The third-order valence-electron chi connectivity index (χ3n) is 4.51. The summed E-state index contributed by atoms with van der Waals surface area (Å²) in [7, 11) is 1.59. The summed E-state index contributed by atoms with van der Waals surface area (Å²) >= 11 is 0. The summed E-state index contributed by atoms with van der Waals surface area (Å²) in [6, 6.07) is 4.87. The minimum Gasteiger partial charge on any atom is -0.497 e. The van der Waals surface area contributed by atoms with Gasteiger partial charge in [0.05, 0.1) is 13.2 Å². The summed E-state index contributed by atoms with van der Waals surface area (Å²) in [4.78, 5) is 2.26. The molecule has 0 radical (unpaired) electrons. The maximum atomic E-state index is 13.8. The summed E-state index contributed by atoms with van der Waals surface area (Å²) < 4.78 is 19.0. The number of likely N-dealkylation sites (tertiary alicyclic amines) is 1. The highest BCUT2D eigenvalue weighted by atomic mass is 19.1. The van der Waals surface area contributed by atoms with Crippen molar-refractivity contribution in [3.63, 3.8) is 0 Å². The van der Waals surface area contributed by atoms with E-state index in [1.54, 1.807) is 19.2 Å². The van der Waals surface area contributed by atoms with Gasteiger partial charge in [0.25, 0.3) is 0 Å². The largest absolute Gasteiger partial charge is 0.497 e. The van der Waals surface area contributed by atoms with E-state index in [0.29, 0.717) is 29.7 Å². The predicted molar refractivity (Wildman–Crippen MR) is 70.4 cm³/mol. The second-order valence-electron chi connectivity index (χ2n) is 5.74. The zero-order chi connectivity index (χ0) is 13.4. The SMILES string of the molecule is COc1ccc(F)c(CN2C[C@H]3CC[C@@H](C2)C3O)c1. The molecular weight excluding hydrogens is 245 g/mol. The summed E-state index contributed by atoms with van der Waals surface area (Å²) in [5.41, 5.74) is 0.676. The molecule has 1 heterocycles. The van der Waals surface area contributed by atoms with Crippen LogP contribution in [-0.2, 0) is 6.54 Å². The van der Waals surface area contributed by atoms with E-state index in [1.165, 1.54) is 6.07 Å². The normalized spacial score (nSPS) is 30.6. The molecule has 1 aromatic carbocycles. The van der Waals surface area contributed by atoms with E-state index < -0.39 is 0 Å². The van der Waals surface area contributed by atoms with Crippen LogP contribution in [0.2, 0.25) is 0 Å². The van der Waals surface area contributed by atoms with Crippen LogP contribution in [0.25, 0.3) is 0 Å². The summed E-state index contributed by atoms with van der Waals surface area (Å²) in [6.45, 7) is 2.34. The number of benzene rings is 1. The van der Waals surface area contributed by atoms with Gasteiger partial charge >= 0.3 is 0 Å². The molecule has 3 nitrogen and oxygen atoms in total. The number of ether oxygens (including phenoxy) is 1. The number of rotatable bonds is 3. The number of hydrogen-bond donors (Lipinski definition) is 1. The lowest BCUT2D eigenvalue weighted by molar-refractivity contribution is 0.0135. The van der Waals surface area contributed by atoms with Crippen LogP contribution in [-0.4, -0.2) is 36.3 Å². The molecule has 0 spiro atoms. The Balaban J connectivity index is 1.72. The minimum absolute atomic E-state index is 0.147. The highest BCUT2D eigenvalue weighted by Gasteiger charge is 2.40. The number of halogens is 1. The van der Waals surface area contributed by atoms with Crippen LogP contribution < -0.4 is 4.74 Å². The van der Waals surface area contributed by atoms with Crippen molar-refractivity contribution in [2.45, 2.75) is 25.5 Å². The van der Waals surface area contributed by atoms with Crippen molar-refractivity contribution in [2.75, 3.05) is 20.2 Å². The molecule has 2 fully saturated rings. The van der Waals surface area contributed by atoms with Crippen LogP contribution in [0, 0.1) is 17.7 Å². The van der Waals surface area contributed by atoms with Gasteiger partial charge in [-0.25, -0.2) is 4.39 Å². The van der Waals surface area contributed by atoms with Crippen molar-refractivity contribution >= 4 is 0 Å². The molecule has 1 N–H and O–H groups in total. The Kier molecular flexibility index (Phi) is 3.46. The van der Waals surface area contributed by atoms with Crippen LogP contribution in [0.15, 0.2) is 18.2 Å². The average Bonchev–Trinajstić information content (AvgIpc) is 2.64. The fourth-order valence-electron chi connectivity index (χ4n) is 3.46. The quantitative estimate of drug-likeness (QED) is 0.907. The Morgan fingerprint density at radius 2 is 2.00 bits per heavy atom. The van der Waals surface area contributed by atoms with Gasteiger partial charge in [-0.05, 0) is 42.9 Å². The van der Waals surface area contributed by atoms with Crippen molar-refractivity contribution in [3.8, 4) is 5.75 Å². The standard InChI is InChI=1S/C15H20FNO2/c1-19-13-4-5-14(16)12(6-13)9-17-7-10-2-3-11(8-17)15(10)18/h4-6,10-11,15,18H,2-3,7-9H2,1H3/t10-,11+,15?. The molecule has 0 aromatic heterocycles. The first kappa shape index (κ1) is 12.9. The molecule has 3 rings (SSSR count). The van der Waals surface area contributed by atoms with Crippen LogP contribution in [0.1, 0.15) is 18.4 Å². The molecule has 1 unspecified atom stereocenters. The fraction of sp³-hybridized carbons (Fsp3) is 0.600. The lowest BCUT2D eigenvalue weighted by atomic mass is 9.95. The molecule has 1 aromatic rings. The van der Waals surface area contributed by atoms with Gasteiger partial charge in [-0.15, -0.1) is 0 Å². The minimum atomic E-state index is -0.181. The number of piperidine rings is 1. The number of nitrogens with zero attached hydrogens (tertiary/aromatic N) is 1. The van der Waals surface area contributed by atoms with E-state index in [2.05, 4.69) is 4.90 Å². The molecular formula is C15H20FNO2. The summed E-state index contributed by atoms with van der Waals surface area (Å²) in [5, 5.41) is 10.0. The van der Waals surface area contributed by atoms with Gasteiger partial charge in [0.15, 0.2) is 0 Å². The molecule has 1 saturated heterocycles. The third kappa shape index (κ3) is 2.47. The first-order chi connectivity index (χ1) is 9.17. The highest BCUT2D eigenvalue weighted by Crippen LogP contribution is 2.37. The van der Waals surface area contributed by atoms with E-state index in [4.69, 9.17) is 4.74 Å². The van der Waals surface area contributed by atoms with Gasteiger partial charge in [-0.3, -0.25) is 4.90 Å². The van der Waals surface area contributed by atoms with Crippen LogP contribution in [0.4, 0.5) is 4.39 Å². The molecule has 3 atom stereocenters. The van der Waals surface area contributed by atoms with Gasteiger partial charge in [-0.1, -0.05) is 0 Å². The maximum Gasteiger partial charge on any atom is 0.127 e. The number of aliphatic hydroxyl groups is 1. The molecule has 1 aliphatic heterocycles. The number of aliphatic hydroxyl groups excluding tert-OH is 1. The number of fused-ring (bicyclic) bond motifs is 2. The van der Waals surface area contributed by atoms with Gasteiger partial charge in [-0.2, -0.15) is 0 Å². The summed E-state index contributed by atoms with van der Waals surface area (Å²) in [5.74, 6) is 1.25. The Hall–Kier alpha value is -1.13. The van der Waals surface area contributed by atoms with Gasteiger partial charge in [0.2, 0.25) is 0 Å². The molecule has 0 amide bonds. The van der Waals surface area contributed by atoms with Crippen LogP contribution in [0.5, 0.6) is 5.75 Å². The van der Waals surface area contributed by atoms with E-state index in [9.17, 15) is 9.50 Å². The van der Waals surface area contributed by atoms with Crippen molar-refractivity contribution in [1.82, 2.24) is 4.90 Å². The molecule has 1 saturated carbocycles.